The van der Waals surface area contributed by atoms with Crippen LogP contribution in [0.4, 0.5) is 0 Å². The van der Waals surface area contributed by atoms with Crippen LogP contribution in [0.1, 0.15) is 10.5 Å². The van der Waals surface area contributed by atoms with Crippen molar-refractivity contribution in [2.75, 3.05) is 27.4 Å². The summed E-state index contributed by atoms with van der Waals surface area (Å²) in [6, 6.07) is 14.8. The highest BCUT2D eigenvalue weighted by atomic mass is 16.5. The lowest BCUT2D eigenvalue weighted by molar-refractivity contribution is 0.0954. The first-order valence-electron chi connectivity index (χ1n) is 8.38. The molecule has 0 saturated heterocycles. The van der Waals surface area contributed by atoms with Gasteiger partial charge >= 0.3 is 0 Å². The standard InChI is InChI=1S/C21H20N2O4/c1-25-16-10-9-15-13-18(23-17(15)14-16)21(24)22-11-5-6-12-27-20-8-4-3-7-19(20)26-2/h3-4,7-10,13-14,23H,11-12H2,1-2H3,(H,22,24). The van der Waals surface area contributed by atoms with Gasteiger partial charge in [0, 0.05) is 17.0 Å². The maximum atomic E-state index is 12.2. The number of aromatic amines is 1. The molecule has 1 heterocycles. The van der Waals surface area contributed by atoms with Crippen molar-refractivity contribution in [3.05, 3.63) is 54.2 Å². The second-order valence-corrected chi connectivity index (χ2v) is 5.61. The Kier molecular flexibility index (Phi) is 5.85. The predicted octanol–water partition coefficient (Wildman–Crippen LogP) is 3.00. The summed E-state index contributed by atoms with van der Waals surface area (Å²) in [6.07, 6.45) is 0. The number of H-pyrrole nitrogens is 1. The summed E-state index contributed by atoms with van der Waals surface area (Å²) >= 11 is 0. The van der Waals surface area contributed by atoms with E-state index in [4.69, 9.17) is 14.2 Å². The number of rotatable bonds is 6. The molecule has 0 unspecified atom stereocenters. The minimum absolute atomic E-state index is 0.211. The van der Waals surface area contributed by atoms with Crippen LogP contribution in [0.5, 0.6) is 17.2 Å². The Bertz CT molecular complexity index is 998. The summed E-state index contributed by atoms with van der Waals surface area (Å²) in [4.78, 5) is 15.3. The highest BCUT2D eigenvalue weighted by Crippen LogP contribution is 2.25. The van der Waals surface area contributed by atoms with Crippen LogP contribution >= 0.6 is 0 Å². The van der Waals surface area contributed by atoms with Crippen LogP contribution in [-0.2, 0) is 0 Å². The monoisotopic (exact) mass is 364 g/mol. The number of benzene rings is 2. The molecule has 2 aromatic carbocycles. The Morgan fingerprint density at radius 3 is 2.63 bits per heavy atom. The Hall–Kier alpha value is -3.59. The van der Waals surface area contributed by atoms with E-state index in [1.165, 1.54) is 0 Å². The van der Waals surface area contributed by atoms with Crippen LogP contribution in [-0.4, -0.2) is 38.3 Å². The van der Waals surface area contributed by atoms with E-state index >= 15 is 0 Å². The summed E-state index contributed by atoms with van der Waals surface area (Å²) < 4.78 is 15.9. The number of methoxy groups -OCH3 is 2. The van der Waals surface area contributed by atoms with Gasteiger partial charge in [0.25, 0.3) is 5.91 Å². The zero-order valence-electron chi connectivity index (χ0n) is 15.2. The number of carbonyl (C=O) groups is 1. The summed E-state index contributed by atoms with van der Waals surface area (Å²) in [5, 5.41) is 3.70. The molecule has 0 fully saturated rings. The lowest BCUT2D eigenvalue weighted by atomic mass is 10.2. The molecule has 138 valence electrons. The summed E-state index contributed by atoms with van der Waals surface area (Å²) in [5.74, 6) is 7.53. The highest BCUT2D eigenvalue weighted by Gasteiger charge is 2.09. The summed E-state index contributed by atoms with van der Waals surface area (Å²) in [6.45, 7) is 0.440. The van der Waals surface area contributed by atoms with Gasteiger partial charge in [0.2, 0.25) is 0 Å². The van der Waals surface area contributed by atoms with Crippen LogP contribution in [0.25, 0.3) is 10.9 Å². The molecule has 0 atom stereocenters. The molecule has 1 amide bonds. The van der Waals surface area contributed by atoms with Crippen LogP contribution in [0.15, 0.2) is 48.5 Å². The first-order chi connectivity index (χ1) is 13.2. The van der Waals surface area contributed by atoms with Gasteiger partial charge in [0.05, 0.1) is 20.8 Å². The zero-order valence-corrected chi connectivity index (χ0v) is 15.2. The largest absolute Gasteiger partial charge is 0.497 e. The second kappa shape index (κ2) is 8.68. The molecule has 6 nitrogen and oxygen atoms in total. The van der Waals surface area contributed by atoms with Gasteiger partial charge in [0.15, 0.2) is 11.5 Å². The topological polar surface area (TPSA) is 72.6 Å². The fraction of sp³-hybridized carbons (Fsp3) is 0.190. The number of nitrogens with one attached hydrogen (secondary N) is 2. The second-order valence-electron chi connectivity index (χ2n) is 5.61. The third kappa shape index (κ3) is 4.53. The van der Waals surface area contributed by atoms with Crippen molar-refractivity contribution < 1.29 is 19.0 Å². The Labute approximate surface area is 157 Å². The molecule has 3 rings (SSSR count). The van der Waals surface area contributed by atoms with Gasteiger partial charge in [-0.1, -0.05) is 24.0 Å². The van der Waals surface area contributed by atoms with Crippen LogP contribution in [0.2, 0.25) is 0 Å². The van der Waals surface area contributed by atoms with Gasteiger partial charge in [-0.2, -0.15) is 0 Å². The molecule has 0 bridgehead atoms. The lowest BCUT2D eigenvalue weighted by Gasteiger charge is -2.07. The molecule has 0 aliphatic heterocycles. The SMILES string of the molecule is COc1ccc2cc(C(=O)NCC#CCOc3ccccc3OC)[nH]c2c1. The van der Waals surface area contributed by atoms with E-state index in [2.05, 4.69) is 22.1 Å². The summed E-state index contributed by atoms with van der Waals surface area (Å²) in [5.41, 5.74) is 1.32. The van der Waals surface area contributed by atoms with Crippen molar-refractivity contribution in [3.63, 3.8) is 0 Å². The van der Waals surface area contributed by atoms with E-state index in [9.17, 15) is 4.79 Å². The van der Waals surface area contributed by atoms with E-state index in [0.717, 1.165) is 16.7 Å². The van der Waals surface area contributed by atoms with E-state index in [1.54, 1.807) is 20.3 Å². The molecule has 6 heteroatoms. The number of aromatic nitrogens is 1. The molecular weight excluding hydrogens is 344 g/mol. The minimum Gasteiger partial charge on any atom is -0.497 e. The average molecular weight is 364 g/mol. The molecule has 0 spiro atoms. The molecule has 27 heavy (non-hydrogen) atoms. The van der Waals surface area contributed by atoms with Gasteiger partial charge < -0.3 is 24.5 Å². The summed E-state index contributed by atoms with van der Waals surface area (Å²) in [7, 11) is 3.19. The van der Waals surface area contributed by atoms with Gasteiger partial charge in [-0.05, 0) is 30.3 Å². The number of ether oxygens (including phenoxy) is 3. The molecule has 0 radical (unpaired) electrons. The van der Waals surface area contributed by atoms with Crippen molar-refractivity contribution in [2.45, 2.75) is 0 Å². The van der Waals surface area contributed by atoms with Gasteiger partial charge in [-0.3, -0.25) is 4.79 Å². The quantitative estimate of drug-likeness (QED) is 0.660. The van der Waals surface area contributed by atoms with E-state index in [1.807, 2.05) is 42.5 Å². The molecule has 3 aromatic rings. The lowest BCUT2D eigenvalue weighted by Crippen LogP contribution is -2.23. The third-order valence-corrected chi connectivity index (χ3v) is 3.91. The molecule has 1 aromatic heterocycles. The van der Waals surface area contributed by atoms with Gasteiger partial charge in [-0.15, -0.1) is 0 Å². The van der Waals surface area contributed by atoms with Crippen molar-refractivity contribution in [3.8, 4) is 29.1 Å². The Morgan fingerprint density at radius 2 is 1.85 bits per heavy atom. The molecule has 0 aliphatic carbocycles. The first kappa shape index (κ1) is 18.2. The van der Waals surface area contributed by atoms with E-state index in [0.29, 0.717) is 17.2 Å². The molecule has 2 N–H and O–H groups in total. The number of amides is 1. The molecule has 0 aliphatic rings. The number of fused-ring (bicyclic) bond motifs is 1. The highest BCUT2D eigenvalue weighted by molar-refractivity contribution is 5.98. The minimum atomic E-state index is -0.217. The van der Waals surface area contributed by atoms with Crippen molar-refractivity contribution in [2.24, 2.45) is 0 Å². The van der Waals surface area contributed by atoms with E-state index < -0.39 is 0 Å². The predicted molar refractivity (Wildman–Crippen MR) is 103 cm³/mol. The maximum absolute atomic E-state index is 12.2. The molecule has 0 saturated carbocycles. The van der Waals surface area contributed by atoms with E-state index in [-0.39, 0.29) is 19.1 Å². The smallest absolute Gasteiger partial charge is 0.268 e. The zero-order chi connectivity index (χ0) is 19.1. The molecular formula is C21H20N2O4. The number of hydrogen-bond acceptors (Lipinski definition) is 4. The Morgan fingerprint density at radius 1 is 1.04 bits per heavy atom. The fourth-order valence-electron chi connectivity index (χ4n) is 2.54. The number of para-hydroxylation sites is 2. The normalized spacial score (nSPS) is 10.0. The van der Waals surface area contributed by atoms with Gasteiger partial charge in [-0.25, -0.2) is 0 Å². The number of hydrogen-bond donors (Lipinski definition) is 2. The maximum Gasteiger partial charge on any atom is 0.268 e. The van der Waals surface area contributed by atoms with Crippen LogP contribution < -0.4 is 19.5 Å². The Balaban J connectivity index is 1.51. The fourth-order valence-corrected chi connectivity index (χ4v) is 2.54. The van der Waals surface area contributed by atoms with Crippen LogP contribution in [0.3, 0.4) is 0 Å². The van der Waals surface area contributed by atoms with Crippen molar-refractivity contribution in [1.82, 2.24) is 10.3 Å². The van der Waals surface area contributed by atoms with Crippen LogP contribution in [0, 0.1) is 11.8 Å². The first-order valence-corrected chi connectivity index (χ1v) is 8.38. The van der Waals surface area contributed by atoms with Gasteiger partial charge in [0.1, 0.15) is 18.1 Å². The van der Waals surface area contributed by atoms with Crippen molar-refractivity contribution >= 4 is 16.8 Å². The number of carbonyl (C=O) groups excluding carboxylic acids is 1. The third-order valence-electron chi connectivity index (χ3n) is 3.91. The van der Waals surface area contributed by atoms with Crippen molar-refractivity contribution in [1.29, 1.82) is 0 Å². The average Bonchev–Trinajstić information content (AvgIpc) is 3.14.